The van der Waals surface area contributed by atoms with Crippen molar-refractivity contribution in [2.75, 3.05) is 44.8 Å². The van der Waals surface area contributed by atoms with E-state index in [0.29, 0.717) is 0 Å². The average Bonchev–Trinajstić information content (AvgIpc) is 2.77. The summed E-state index contributed by atoms with van der Waals surface area (Å²) in [6, 6.07) is 0. The average molecular weight is 307 g/mol. The summed E-state index contributed by atoms with van der Waals surface area (Å²) in [5.74, 6) is 0.129. The molecule has 1 amide bonds. The van der Waals surface area contributed by atoms with Gasteiger partial charge in [-0.2, -0.15) is 0 Å². The minimum atomic E-state index is 0.129. The number of amides is 1. The van der Waals surface area contributed by atoms with Crippen molar-refractivity contribution in [3.8, 4) is 0 Å². The van der Waals surface area contributed by atoms with Gasteiger partial charge in [-0.15, -0.1) is 0 Å². The first kappa shape index (κ1) is 16.9. The van der Waals surface area contributed by atoms with Gasteiger partial charge in [0.1, 0.15) is 5.69 Å². The number of hydrogen-bond donors (Lipinski definition) is 0. The molecule has 1 aliphatic rings. The van der Waals surface area contributed by atoms with Gasteiger partial charge in [-0.3, -0.25) is 4.79 Å². The molecule has 2 rings (SSSR count). The fourth-order valence-corrected chi connectivity index (χ4v) is 3.42. The zero-order valence-electron chi connectivity index (χ0n) is 14.6. The second kappa shape index (κ2) is 7.18. The predicted molar refractivity (Wildman–Crippen MR) is 89.9 cm³/mol. The fourth-order valence-electron chi connectivity index (χ4n) is 3.42. The molecule has 2 heterocycles. The van der Waals surface area contributed by atoms with Gasteiger partial charge in [0.15, 0.2) is 0 Å². The molecular formula is C17H29N3O2. The maximum absolute atomic E-state index is 12.8. The zero-order chi connectivity index (χ0) is 16.3. The van der Waals surface area contributed by atoms with Crippen LogP contribution in [-0.4, -0.2) is 55.3 Å². The highest BCUT2D eigenvalue weighted by Crippen LogP contribution is 2.32. The molecular weight excluding hydrogens is 278 g/mol. The van der Waals surface area contributed by atoms with Gasteiger partial charge < -0.3 is 19.1 Å². The minimum Gasteiger partial charge on any atom is -0.378 e. The fraction of sp³-hybridized carbons (Fsp3) is 0.706. The lowest BCUT2D eigenvalue weighted by atomic mass is 10.1. The third-order valence-corrected chi connectivity index (χ3v) is 4.48. The summed E-state index contributed by atoms with van der Waals surface area (Å²) < 4.78 is 7.62. The number of nitrogens with zero attached hydrogens (tertiary/aromatic N) is 3. The van der Waals surface area contributed by atoms with E-state index in [1.54, 1.807) is 0 Å². The van der Waals surface area contributed by atoms with Gasteiger partial charge in [0.2, 0.25) is 0 Å². The molecule has 5 heteroatoms. The van der Waals surface area contributed by atoms with Gasteiger partial charge in [0.05, 0.1) is 18.9 Å². The maximum Gasteiger partial charge on any atom is 0.270 e. The van der Waals surface area contributed by atoms with Crippen molar-refractivity contribution < 1.29 is 9.53 Å². The molecule has 1 fully saturated rings. The molecule has 124 valence electrons. The van der Waals surface area contributed by atoms with Gasteiger partial charge >= 0.3 is 0 Å². The molecule has 0 saturated carbocycles. The van der Waals surface area contributed by atoms with Crippen LogP contribution in [0.3, 0.4) is 0 Å². The highest BCUT2D eigenvalue weighted by Gasteiger charge is 2.27. The summed E-state index contributed by atoms with van der Waals surface area (Å²) in [6.07, 6.45) is 0.976. The molecule has 0 bridgehead atoms. The first-order chi connectivity index (χ1) is 10.5. The van der Waals surface area contributed by atoms with Crippen molar-refractivity contribution in [1.29, 1.82) is 0 Å². The van der Waals surface area contributed by atoms with Crippen molar-refractivity contribution >= 4 is 11.6 Å². The van der Waals surface area contributed by atoms with Crippen LogP contribution in [0.5, 0.6) is 0 Å². The van der Waals surface area contributed by atoms with E-state index in [0.717, 1.165) is 57.1 Å². The molecule has 1 aromatic heterocycles. The Morgan fingerprint density at radius 1 is 1.23 bits per heavy atom. The SMILES string of the molecule is CCCN(C)C(=O)c1c(C)c(N2CCOCC2)c(C)n1CC. The van der Waals surface area contributed by atoms with Crippen LogP contribution in [0.25, 0.3) is 0 Å². The summed E-state index contributed by atoms with van der Waals surface area (Å²) >= 11 is 0. The Bertz CT molecular complexity index is 530. The van der Waals surface area contributed by atoms with E-state index in [1.807, 2.05) is 11.9 Å². The van der Waals surface area contributed by atoms with Gasteiger partial charge in [-0.1, -0.05) is 6.92 Å². The normalized spacial score (nSPS) is 15.2. The van der Waals surface area contributed by atoms with Crippen LogP contribution in [0.15, 0.2) is 0 Å². The van der Waals surface area contributed by atoms with Gasteiger partial charge in [-0.25, -0.2) is 0 Å². The van der Waals surface area contributed by atoms with Crippen molar-refractivity contribution in [3.63, 3.8) is 0 Å². The molecule has 0 atom stereocenters. The Hall–Kier alpha value is -1.49. The topological polar surface area (TPSA) is 37.7 Å². The van der Waals surface area contributed by atoms with Crippen LogP contribution in [-0.2, 0) is 11.3 Å². The number of morpholine rings is 1. The maximum atomic E-state index is 12.8. The first-order valence-corrected chi connectivity index (χ1v) is 8.30. The molecule has 1 aromatic rings. The van der Waals surface area contributed by atoms with Crippen LogP contribution in [0.1, 0.15) is 42.0 Å². The smallest absolute Gasteiger partial charge is 0.270 e. The zero-order valence-corrected chi connectivity index (χ0v) is 14.6. The first-order valence-electron chi connectivity index (χ1n) is 8.30. The second-order valence-corrected chi connectivity index (χ2v) is 5.98. The Morgan fingerprint density at radius 2 is 1.86 bits per heavy atom. The lowest BCUT2D eigenvalue weighted by Gasteiger charge is -2.29. The monoisotopic (exact) mass is 307 g/mol. The molecule has 0 aromatic carbocycles. The summed E-state index contributed by atoms with van der Waals surface area (Å²) in [7, 11) is 1.89. The number of carbonyl (C=O) groups excluding carboxylic acids is 1. The van der Waals surface area contributed by atoms with E-state index >= 15 is 0 Å². The van der Waals surface area contributed by atoms with E-state index < -0.39 is 0 Å². The second-order valence-electron chi connectivity index (χ2n) is 5.98. The minimum absolute atomic E-state index is 0.129. The summed E-state index contributed by atoms with van der Waals surface area (Å²) in [6.45, 7) is 13.3. The third-order valence-electron chi connectivity index (χ3n) is 4.48. The summed E-state index contributed by atoms with van der Waals surface area (Å²) in [4.78, 5) is 17.0. The van der Waals surface area contributed by atoms with Crippen LogP contribution in [0.2, 0.25) is 0 Å². The molecule has 22 heavy (non-hydrogen) atoms. The van der Waals surface area contributed by atoms with Crippen LogP contribution >= 0.6 is 0 Å². The van der Waals surface area contributed by atoms with Crippen LogP contribution < -0.4 is 4.90 Å². The van der Waals surface area contributed by atoms with Gasteiger partial charge in [-0.05, 0) is 27.2 Å². The Balaban J connectivity index is 2.43. The van der Waals surface area contributed by atoms with E-state index in [4.69, 9.17) is 4.74 Å². The lowest BCUT2D eigenvalue weighted by molar-refractivity contribution is 0.0783. The highest BCUT2D eigenvalue weighted by atomic mass is 16.5. The van der Waals surface area contributed by atoms with E-state index in [2.05, 4.69) is 37.2 Å². The largest absolute Gasteiger partial charge is 0.378 e. The summed E-state index contributed by atoms with van der Waals surface area (Å²) in [5.41, 5.74) is 4.36. The number of anilines is 1. The van der Waals surface area contributed by atoms with Crippen LogP contribution in [0, 0.1) is 13.8 Å². The number of rotatable bonds is 5. The number of aromatic nitrogens is 1. The molecule has 1 saturated heterocycles. The molecule has 0 unspecified atom stereocenters. The Labute approximate surface area is 133 Å². The molecule has 0 N–H and O–H groups in total. The number of carbonyl (C=O) groups is 1. The van der Waals surface area contributed by atoms with E-state index in [-0.39, 0.29) is 5.91 Å². The van der Waals surface area contributed by atoms with E-state index in [1.165, 1.54) is 11.4 Å². The van der Waals surface area contributed by atoms with Crippen molar-refractivity contribution in [3.05, 3.63) is 17.0 Å². The van der Waals surface area contributed by atoms with Gasteiger partial charge in [0.25, 0.3) is 5.91 Å². The molecule has 0 radical (unpaired) electrons. The van der Waals surface area contributed by atoms with Crippen molar-refractivity contribution in [2.45, 2.75) is 40.7 Å². The number of hydrogen-bond acceptors (Lipinski definition) is 3. The Kier molecular flexibility index (Phi) is 5.51. The molecule has 0 spiro atoms. The van der Waals surface area contributed by atoms with Crippen molar-refractivity contribution in [1.82, 2.24) is 9.47 Å². The standard InChI is InChI=1S/C17H29N3O2/c1-6-8-18(5)17(21)16-13(3)15(14(4)20(16)7-2)19-9-11-22-12-10-19/h6-12H2,1-5H3. The number of ether oxygens (including phenoxy) is 1. The Morgan fingerprint density at radius 3 is 2.41 bits per heavy atom. The van der Waals surface area contributed by atoms with E-state index in [9.17, 15) is 4.79 Å². The van der Waals surface area contributed by atoms with Gasteiger partial charge in [0, 0.05) is 44.5 Å². The van der Waals surface area contributed by atoms with Crippen LogP contribution in [0.4, 0.5) is 5.69 Å². The lowest BCUT2D eigenvalue weighted by Crippen LogP contribution is -2.36. The predicted octanol–water partition coefficient (Wildman–Crippen LogP) is 2.44. The molecule has 0 aliphatic carbocycles. The third kappa shape index (κ3) is 3.00. The summed E-state index contributed by atoms with van der Waals surface area (Å²) in [5, 5.41) is 0. The molecule has 1 aliphatic heterocycles. The molecule has 5 nitrogen and oxygen atoms in total. The van der Waals surface area contributed by atoms with Crippen molar-refractivity contribution in [2.24, 2.45) is 0 Å². The quantitative estimate of drug-likeness (QED) is 0.838. The highest BCUT2D eigenvalue weighted by molar-refractivity contribution is 5.96.